The fourth-order valence-electron chi connectivity index (χ4n) is 19.0. The maximum absolute atomic E-state index is 6.03. The van der Waals surface area contributed by atoms with E-state index in [1.54, 1.807) is 0 Å². The van der Waals surface area contributed by atoms with Gasteiger partial charge in [0.05, 0.1) is 62.7 Å². The predicted octanol–water partition coefficient (Wildman–Crippen LogP) is 31.1. The normalized spacial score (nSPS) is 11.7. The zero-order valence-corrected chi connectivity index (χ0v) is 68.2. The lowest BCUT2D eigenvalue weighted by Gasteiger charge is -2.10. The van der Waals surface area contributed by atoms with E-state index in [0.29, 0.717) is 0 Å². The predicted molar refractivity (Wildman–Crippen MR) is 523 cm³/mol. The fourth-order valence-corrected chi connectivity index (χ4v) is 19.0. The summed E-state index contributed by atoms with van der Waals surface area (Å²) in [5, 5.41) is 14.4. The first-order chi connectivity index (χ1) is 62.5. The van der Waals surface area contributed by atoms with Gasteiger partial charge in [-0.25, -0.2) is 0 Å². The van der Waals surface area contributed by atoms with E-state index in [-0.39, 0.29) is 0 Å². The van der Waals surface area contributed by atoms with Crippen LogP contribution in [0.25, 0.3) is 232 Å². The molecule has 0 atom stereocenters. The van der Waals surface area contributed by atoms with Crippen molar-refractivity contribution in [1.82, 2.24) is 33.2 Å². The molecule has 9 aromatic heterocycles. The van der Waals surface area contributed by atoms with Crippen LogP contribution >= 0.6 is 0 Å². The van der Waals surface area contributed by atoms with Crippen LogP contribution in [0.5, 0.6) is 0 Å². The summed E-state index contributed by atoms with van der Waals surface area (Å²) in [6.07, 6.45) is 11.5. The molecule has 17 aromatic carbocycles. The molecule has 0 fully saturated rings. The van der Waals surface area contributed by atoms with Gasteiger partial charge in [0.15, 0.2) is 0 Å². The molecular weight excluding hydrogens is 1540 g/mol. The molecule has 26 rings (SSSR count). The summed E-state index contributed by atoms with van der Waals surface area (Å²) in [4.78, 5) is 13.4. The van der Waals surface area contributed by atoms with Crippen molar-refractivity contribution in [2.24, 2.45) is 0 Å². The van der Waals surface area contributed by atoms with Crippen LogP contribution in [-0.4, -0.2) is 33.2 Å². The van der Waals surface area contributed by atoms with Gasteiger partial charge in [0.2, 0.25) is 0 Å². The standard InChI is InChI=1S/C41H27N3.C41H26N2O.C35H22N2O/c1-3-12-32(13-4-1)43-38-17-8-7-16-34(38)36-25-30(18-20-39(36)43)28-10-9-11-29(24-28)31-19-21-40-37(26-31)35-22-23-42-27-41(35)44(40)33-14-5-2-6-15-33;1-2-6-27(7-3-1)28-14-18-33(19-15-28)43-38-20-16-31(24-36(38)34-22-23-42-26-39(34)43)29-10-12-30(13-11-29)32-17-21-41-37(25-32)35-8-4-5-9-40(35)44-41;1-2-6-27(7-3-1)37-32-16-14-25(20-30(32)28-18-19-36-22-33(28)37)23-10-12-24(13-11-23)26-15-17-35-31(21-26)29-8-4-5-9-34(29)38-35/h1-27H;1-26H;1-22H. The monoisotopic (exact) mass is 1610 g/mol. The summed E-state index contributed by atoms with van der Waals surface area (Å²) in [5.41, 5.74) is 34.3. The Bertz CT molecular complexity index is 8510. The molecule has 9 heteroatoms. The molecule has 0 saturated carbocycles. The summed E-state index contributed by atoms with van der Waals surface area (Å²) < 4.78 is 21.3. The van der Waals surface area contributed by atoms with Crippen molar-refractivity contribution < 1.29 is 8.83 Å². The number of aromatic nitrogens is 7. The van der Waals surface area contributed by atoms with Crippen LogP contribution in [0, 0.1) is 0 Å². The Morgan fingerprint density at radius 2 is 0.381 bits per heavy atom. The van der Waals surface area contributed by atoms with Gasteiger partial charge in [-0.15, -0.1) is 0 Å². The molecule has 126 heavy (non-hydrogen) atoms. The third-order valence-corrected chi connectivity index (χ3v) is 25.0. The third-order valence-electron chi connectivity index (χ3n) is 25.0. The van der Waals surface area contributed by atoms with Crippen LogP contribution in [0.4, 0.5) is 0 Å². The van der Waals surface area contributed by atoms with Crippen LogP contribution in [0.2, 0.25) is 0 Å². The Labute approximate surface area is 724 Å². The van der Waals surface area contributed by atoms with Crippen LogP contribution < -0.4 is 0 Å². The second-order valence-corrected chi connectivity index (χ2v) is 32.2. The number of hydrogen-bond acceptors (Lipinski definition) is 5. The van der Waals surface area contributed by atoms with Crippen molar-refractivity contribution in [3.63, 3.8) is 0 Å². The third kappa shape index (κ3) is 12.8. The van der Waals surface area contributed by atoms with Crippen molar-refractivity contribution in [2.75, 3.05) is 0 Å². The van der Waals surface area contributed by atoms with Gasteiger partial charge in [0, 0.05) is 106 Å². The molecule has 26 aromatic rings. The summed E-state index contributed by atoms with van der Waals surface area (Å²) in [5.74, 6) is 0. The lowest BCUT2D eigenvalue weighted by molar-refractivity contribution is 0.668. The van der Waals surface area contributed by atoms with E-state index >= 15 is 0 Å². The molecule has 0 radical (unpaired) electrons. The molecule has 0 saturated heterocycles. The SMILES string of the molecule is c1ccc(-c2ccc(-n3c4ccc(-c5ccc(-c6ccc7oc8ccccc8c7c6)cc5)cc4c4ccncc43)cc2)cc1.c1ccc(-n2c3ccc(-c4ccc(-c5ccc6oc7ccccc7c6c5)cc4)cc3c3ccncc32)cc1.c1ccc(-n2c3ccccc3c3cc(-c4cccc(-c5ccc6c(c5)c5ccncc5n6-c5ccccc5)c4)ccc32)cc1. The van der Waals surface area contributed by atoms with Gasteiger partial charge in [0.1, 0.15) is 22.3 Å². The van der Waals surface area contributed by atoms with Gasteiger partial charge >= 0.3 is 0 Å². The fraction of sp³-hybridized carbons (Fsp3) is 0. The number of fused-ring (bicyclic) bond motifs is 18. The smallest absolute Gasteiger partial charge is 0.135 e. The number of benzene rings is 17. The van der Waals surface area contributed by atoms with Crippen LogP contribution in [0.1, 0.15) is 0 Å². The van der Waals surface area contributed by atoms with E-state index in [2.05, 4.69) is 421 Å². The van der Waals surface area contributed by atoms with Crippen LogP contribution in [-0.2, 0) is 0 Å². The highest BCUT2D eigenvalue weighted by molar-refractivity contribution is 6.15. The molecule has 0 unspecified atom stereocenters. The lowest BCUT2D eigenvalue weighted by Crippen LogP contribution is -1.94. The summed E-state index contributed by atoms with van der Waals surface area (Å²) in [6, 6.07) is 149. The zero-order chi connectivity index (χ0) is 83.1. The molecule has 0 spiro atoms. The maximum Gasteiger partial charge on any atom is 0.135 e. The molecule has 0 aliphatic rings. The van der Waals surface area contributed by atoms with Crippen molar-refractivity contribution in [3.8, 4) is 101 Å². The number of para-hydroxylation sites is 6. The minimum atomic E-state index is 0.918. The van der Waals surface area contributed by atoms with Gasteiger partial charge in [0.25, 0.3) is 0 Å². The van der Waals surface area contributed by atoms with E-state index in [0.717, 1.165) is 77.5 Å². The average molecular weight is 1610 g/mol. The van der Waals surface area contributed by atoms with Gasteiger partial charge in [-0.1, -0.05) is 255 Å². The van der Waals surface area contributed by atoms with Crippen molar-refractivity contribution >= 4 is 131 Å². The molecule has 590 valence electrons. The van der Waals surface area contributed by atoms with E-state index in [9.17, 15) is 0 Å². The van der Waals surface area contributed by atoms with E-state index in [4.69, 9.17) is 8.83 Å². The molecule has 0 aliphatic heterocycles. The first-order valence-corrected chi connectivity index (χ1v) is 42.6. The Kier molecular flexibility index (Phi) is 17.7. The molecule has 0 bridgehead atoms. The number of rotatable bonds is 11. The number of furan rings is 2. The summed E-state index contributed by atoms with van der Waals surface area (Å²) in [7, 11) is 0. The Hall–Kier alpha value is -17.0. The number of pyridine rings is 3. The molecule has 0 amide bonds. The van der Waals surface area contributed by atoms with E-state index in [1.165, 1.54) is 154 Å². The average Bonchev–Trinajstić information content (AvgIpc) is 1.62. The van der Waals surface area contributed by atoms with Gasteiger partial charge in [-0.2, -0.15) is 0 Å². The molecular formula is C117H75N7O2. The van der Waals surface area contributed by atoms with Gasteiger partial charge in [-0.3, -0.25) is 15.0 Å². The second-order valence-electron chi connectivity index (χ2n) is 32.2. The highest BCUT2D eigenvalue weighted by atomic mass is 16.3. The minimum absolute atomic E-state index is 0.918. The highest BCUT2D eigenvalue weighted by Crippen LogP contribution is 2.44. The van der Waals surface area contributed by atoms with Gasteiger partial charge < -0.3 is 27.1 Å². The first-order valence-electron chi connectivity index (χ1n) is 42.6. The summed E-state index contributed by atoms with van der Waals surface area (Å²) >= 11 is 0. The Morgan fingerprint density at radius 1 is 0.143 bits per heavy atom. The Morgan fingerprint density at radius 3 is 0.770 bits per heavy atom. The zero-order valence-electron chi connectivity index (χ0n) is 68.2. The van der Waals surface area contributed by atoms with Crippen molar-refractivity contribution in [1.29, 1.82) is 0 Å². The largest absolute Gasteiger partial charge is 0.456 e. The molecule has 9 nitrogen and oxygen atoms in total. The molecule has 9 heterocycles. The van der Waals surface area contributed by atoms with E-state index in [1.807, 2.05) is 67.5 Å². The lowest BCUT2D eigenvalue weighted by atomic mass is 9.97. The van der Waals surface area contributed by atoms with Crippen LogP contribution in [0.3, 0.4) is 0 Å². The number of hydrogen-bond donors (Lipinski definition) is 0. The summed E-state index contributed by atoms with van der Waals surface area (Å²) in [6.45, 7) is 0. The highest BCUT2D eigenvalue weighted by Gasteiger charge is 2.21. The molecule has 0 aliphatic carbocycles. The molecule has 0 N–H and O–H groups in total. The van der Waals surface area contributed by atoms with Crippen molar-refractivity contribution in [3.05, 3.63) is 456 Å². The Balaban J connectivity index is 0.000000106. The van der Waals surface area contributed by atoms with Crippen molar-refractivity contribution in [2.45, 2.75) is 0 Å². The number of nitrogens with zero attached hydrogens (tertiary/aromatic N) is 7. The maximum atomic E-state index is 6.03. The van der Waals surface area contributed by atoms with Crippen LogP contribution in [0.15, 0.2) is 465 Å². The first kappa shape index (κ1) is 73.0. The topological polar surface area (TPSA) is 84.7 Å². The minimum Gasteiger partial charge on any atom is -0.456 e. The quantitative estimate of drug-likeness (QED) is 0.129. The van der Waals surface area contributed by atoms with Gasteiger partial charge in [-0.05, 0) is 242 Å². The second kappa shape index (κ2) is 30.6. The van der Waals surface area contributed by atoms with E-state index < -0.39 is 0 Å².